The predicted molar refractivity (Wildman–Crippen MR) is 49.2 cm³/mol. The first-order valence-electron chi connectivity index (χ1n) is 2.83. The van der Waals surface area contributed by atoms with Crippen molar-refractivity contribution in [1.82, 2.24) is 0 Å². The van der Waals surface area contributed by atoms with Gasteiger partial charge in [0.25, 0.3) is 0 Å². The summed E-state index contributed by atoms with van der Waals surface area (Å²) in [6, 6.07) is 0. The maximum atomic E-state index is 3.38. The second-order valence-corrected chi connectivity index (χ2v) is 3.02. The first kappa shape index (κ1) is 11.5. The Labute approximate surface area is 65.2 Å². The van der Waals surface area contributed by atoms with Crippen molar-refractivity contribution in [2.75, 3.05) is 5.33 Å². The molecular weight excluding hydrogens is 180 g/mol. The average molecular weight is 197 g/mol. The lowest BCUT2D eigenvalue weighted by Crippen LogP contribution is -1.85. The summed E-state index contributed by atoms with van der Waals surface area (Å²) in [5.74, 6) is 0.873. The van der Waals surface area contributed by atoms with Crippen LogP contribution in [0.2, 0.25) is 0 Å². The highest BCUT2D eigenvalue weighted by molar-refractivity contribution is 9.09. The van der Waals surface area contributed by atoms with E-state index >= 15 is 0 Å². The monoisotopic (exact) mass is 196 g/mol. The zero-order valence-electron chi connectivity index (χ0n) is 5.08. The summed E-state index contributed by atoms with van der Waals surface area (Å²) in [6.45, 7) is 4.51. The highest BCUT2D eigenvalue weighted by Gasteiger charge is 1.89. The highest BCUT2D eigenvalue weighted by Crippen LogP contribution is 2.03. The maximum absolute atomic E-state index is 3.38. The molecule has 0 amide bonds. The van der Waals surface area contributed by atoms with Crippen LogP contribution in [0.25, 0.3) is 0 Å². The smallest absolute Gasteiger partial charge is 0.00314 e. The van der Waals surface area contributed by atoms with Crippen molar-refractivity contribution in [3.63, 3.8) is 0 Å². The SMILES string of the molecule is CC(C)CCCBr.[SiH4]. The van der Waals surface area contributed by atoms with Crippen molar-refractivity contribution >= 4 is 26.9 Å². The molecule has 0 rings (SSSR count). The molecular formula is C6H17BrSi. The second-order valence-electron chi connectivity index (χ2n) is 2.23. The molecule has 0 unspecified atom stereocenters. The van der Waals surface area contributed by atoms with Gasteiger partial charge in [0.05, 0.1) is 0 Å². The Morgan fingerprint density at radius 3 is 2.00 bits per heavy atom. The minimum Gasteiger partial charge on any atom is -0.0928 e. The summed E-state index contributed by atoms with van der Waals surface area (Å²) in [6.07, 6.45) is 2.67. The molecule has 0 aromatic rings. The van der Waals surface area contributed by atoms with Crippen molar-refractivity contribution < 1.29 is 0 Å². The van der Waals surface area contributed by atoms with Crippen molar-refractivity contribution in [1.29, 1.82) is 0 Å². The fourth-order valence-electron chi connectivity index (χ4n) is 0.485. The fraction of sp³-hybridized carbons (Fsp3) is 1.00. The molecule has 0 spiro atoms. The molecule has 0 fully saturated rings. The van der Waals surface area contributed by atoms with E-state index in [1.165, 1.54) is 12.8 Å². The molecule has 0 saturated heterocycles. The lowest BCUT2D eigenvalue weighted by Gasteiger charge is -1.98. The summed E-state index contributed by atoms with van der Waals surface area (Å²) in [5, 5.41) is 1.16. The molecule has 0 nitrogen and oxygen atoms in total. The average Bonchev–Trinajstić information content (AvgIpc) is 1.61. The summed E-state index contributed by atoms with van der Waals surface area (Å²) < 4.78 is 0. The lowest BCUT2D eigenvalue weighted by atomic mass is 10.1. The van der Waals surface area contributed by atoms with Gasteiger partial charge in [0.2, 0.25) is 0 Å². The molecule has 2 heteroatoms. The van der Waals surface area contributed by atoms with Gasteiger partial charge in [0.1, 0.15) is 0 Å². The van der Waals surface area contributed by atoms with Crippen LogP contribution in [-0.2, 0) is 0 Å². The van der Waals surface area contributed by atoms with Gasteiger partial charge in [-0.3, -0.25) is 0 Å². The van der Waals surface area contributed by atoms with Crippen molar-refractivity contribution in [3.8, 4) is 0 Å². The molecule has 52 valence electrons. The minimum atomic E-state index is 0. The standard InChI is InChI=1S/C6H13Br.H4Si/c1-6(2)4-3-5-7;/h6H,3-5H2,1-2H3;1H4. The number of rotatable bonds is 3. The van der Waals surface area contributed by atoms with Crippen molar-refractivity contribution in [2.24, 2.45) is 5.92 Å². The van der Waals surface area contributed by atoms with E-state index in [0.717, 1.165) is 11.2 Å². The van der Waals surface area contributed by atoms with E-state index in [-0.39, 0.29) is 11.0 Å². The number of halogens is 1. The van der Waals surface area contributed by atoms with Crippen LogP contribution in [0, 0.1) is 5.92 Å². The third kappa shape index (κ3) is 9.85. The van der Waals surface area contributed by atoms with E-state index in [1.807, 2.05) is 0 Å². The van der Waals surface area contributed by atoms with Gasteiger partial charge in [-0.25, -0.2) is 0 Å². The molecule has 0 atom stereocenters. The van der Waals surface area contributed by atoms with Gasteiger partial charge in [-0.2, -0.15) is 0 Å². The van der Waals surface area contributed by atoms with Crippen LogP contribution in [0.5, 0.6) is 0 Å². The summed E-state index contributed by atoms with van der Waals surface area (Å²) >= 11 is 3.38. The van der Waals surface area contributed by atoms with Crippen LogP contribution in [0.3, 0.4) is 0 Å². The Hall–Kier alpha value is 0.697. The molecule has 0 radical (unpaired) electrons. The number of hydrogen-bond donors (Lipinski definition) is 0. The lowest BCUT2D eigenvalue weighted by molar-refractivity contribution is 0.580. The van der Waals surface area contributed by atoms with E-state index in [4.69, 9.17) is 0 Å². The molecule has 0 saturated carbocycles. The number of alkyl halides is 1. The van der Waals surface area contributed by atoms with Gasteiger partial charge in [-0.1, -0.05) is 36.2 Å². The topological polar surface area (TPSA) is 0 Å². The van der Waals surface area contributed by atoms with Crippen LogP contribution in [0.15, 0.2) is 0 Å². The van der Waals surface area contributed by atoms with E-state index in [0.29, 0.717) is 0 Å². The van der Waals surface area contributed by atoms with Crippen LogP contribution in [0.1, 0.15) is 26.7 Å². The van der Waals surface area contributed by atoms with E-state index in [1.54, 1.807) is 0 Å². The number of hydrogen-bond acceptors (Lipinski definition) is 0. The summed E-state index contributed by atoms with van der Waals surface area (Å²) in [7, 11) is 0. The molecule has 8 heavy (non-hydrogen) atoms. The predicted octanol–water partition coefficient (Wildman–Crippen LogP) is 1.37. The molecule has 0 aromatic heterocycles. The van der Waals surface area contributed by atoms with Crippen molar-refractivity contribution in [2.45, 2.75) is 26.7 Å². The van der Waals surface area contributed by atoms with Gasteiger partial charge in [-0.05, 0) is 23.3 Å². The Morgan fingerprint density at radius 2 is 1.88 bits per heavy atom. The summed E-state index contributed by atoms with van der Waals surface area (Å²) in [4.78, 5) is 0. The Bertz CT molecular complexity index is 37.5. The molecule has 0 heterocycles. The first-order chi connectivity index (χ1) is 3.27. The zero-order chi connectivity index (χ0) is 5.70. The Kier molecular flexibility index (Phi) is 11.1. The van der Waals surface area contributed by atoms with Crippen LogP contribution >= 0.6 is 15.9 Å². The van der Waals surface area contributed by atoms with Gasteiger partial charge < -0.3 is 0 Å². The van der Waals surface area contributed by atoms with Crippen LogP contribution < -0.4 is 0 Å². The molecule has 0 aliphatic rings. The normalized spacial score (nSPS) is 9.00. The largest absolute Gasteiger partial charge is 0.0928 e. The molecule has 0 aromatic carbocycles. The molecule has 0 N–H and O–H groups in total. The third-order valence-electron chi connectivity index (χ3n) is 0.915. The Morgan fingerprint density at radius 1 is 1.38 bits per heavy atom. The highest BCUT2D eigenvalue weighted by atomic mass is 79.9. The fourth-order valence-corrected chi connectivity index (χ4v) is 0.809. The minimum absolute atomic E-state index is 0. The molecule has 0 aliphatic heterocycles. The quantitative estimate of drug-likeness (QED) is 0.473. The summed E-state index contributed by atoms with van der Waals surface area (Å²) in [5.41, 5.74) is 0. The van der Waals surface area contributed by atoms with Gasteiger partial charge in [-0.15, -0.1) is 0 Å². The van der Waals surface area contributed by atoms with E-state index < -0.39 is 0 Å². The van der Waals surface area contributed by atoms with E-state index in [2.05, 4.69) is 29.8 Å². The van der Waals surface area contributed by atoms with Gasteiger partial charge in [0.15, 0.2) is 0 Å². The van der Waals surface area contributed by atoms with Gasteiger partial charge >= 0.3 is 0 Å². The van der Waals surface area contributed by atoms with Crippen LogP contribution in [-0.4, -0.2) is 16.3 Å². The third-order valence-corrected chi connectivity index (χ3v) is 1.48. The van der Waals surface area contributed by atoms with Crippen LogP contribution in [0.4, 0.5) is 0 Å². The Balaban J connectivity index is 0. The van der Waals surface area contributed by atoms with Gasteiger partial charge in [0, 0.05) is 5.33 Å². The first-order valence-corrected chi connectivity index (χ1v) is 3.95. The van der Waals surface area contributed by atoms with E-state index in [9.17, 15) is 0 Å². The zero-order valence-corrected chi connectivity index (χ0v) is 6.66. The molecule has 0 aliphatic carbocycles. The second kappa shape index (κ2) is 7.70. The maximum Gasteiger partial charge on any atom is 0.00314 e. The molecule has 0 bridgehead atoms. The van der Waals surface area contributed by atoms with Crippen molar-refractivity contribution in [3.05, 3.63) is 0 Å².